The van der Waals surface area contributed by atoms with E-state index >= 15 is 0 Å². The maximum atomic E-state index is 12.7. The van der Waals surface area contributed by atoms with Crippen molar-refractivity contribution in [3.8, 4) is 17.2 Å². The molecule has 1 N–H and O–H groups in total. The van der Waals surface area contributed by atoms with Crippen molar-refractivity contribution >= 4 is 16.9 Å². The fraction of sp³-hybridized carbons (Fsp3) is 0.217. The average Bonchev–Trinajstić information content (AvgIpc) is 3.34. The monoisotopic (exact) mass is 444 g/mol. The van der Waals surface area contributed by atoms with Gasteiger partial charge in [0.15, 0.2) is 5.76 Å². The molecule has 1 atom stereocenters. The normalized spacial score (nSPS) is 12.8. The van der Waals surface area contributed by atoms with E-state index in [9.17, 15) is 23.1 Å². The first-order valence-electron chi connectivity index (χ1n) is 9.73. The topological polar surface area (TPSA) is 77.5 Å². The highest BCUT2D eigenvalue weighted by Gasteiger charge is 2.30. The molecule has 2 heterocycles. The Morgan fingerprint density at radius 1 is 1.19 bits per heavy atom. The third-order valence-electron chi connectivity index (χ3n) is 5.19. The number of rotatable bonds is 6. The molecular formula is C23H19F3N2O4. The van der Waals surface area contributed by atoms with E-state index < -0.39 is 23.8 Å². The zero-order valence-electron chi connectivity index (χ0n) is 17.2. The molecular weight excluding hydrogens is 425 g/mol. The number of fused-ring (bicyclic) bond motifs is 1. The molecule has 0 radical (unpaired) electrons. The van der Waals surface area contributed by atoms with Gasteiger partial charge >= 0.3 is 12.1 Å². The highest BCUT2D eigenvalue weighted by Crippen LogP contribution is 2.31. The lowest BCUT2D eigenvalue weighted by Gasteiger charge is -2.11. The first kappa shape index (κ1) is 21.5. The number of aliphatic carboxylic acids is 1. The van der Waals surface area contributed by atoms with E-state index in [0.717, 1.165) is 23.0 Å². The number of hydrogen-bond acceptors (Lipinski definition) is 4. The summed E-state index contributed by atoms with van der Waals surface area (Å²) >= 11 is 0. The number of aromatic nitrogens is 2. The standard InChI is InChI=1S/C23H19F3N2O4/c1-13-20(32-21(27-13)15-3-5-17(6-4-15)23(24,25)26)12-31-18-7-8-19-16(11-18)9-10-28(19)14(2)22(29)30/h3-11,14H,12H2,1-2H3,(H,29,30)/t14-/m1/s1. The third-order valence-corrected chi connectivity index (χ3v) is 5.19. The summed E-state index contributed by atoms with van der Waals surface area (Å²) in [5.74, 6) is 0.305. The Morgan fingerprint density at radius 3 is 2.56 bits per heavy atom. The Labute approximate surface area is 180 Å². The van der Waals surface area contributed by atoms with Crippen LogP contribution in [0.15, 0.2) is 59.1 Å². The van der Waals surface area contributed by atoms with Gasteiger partial charge in [0.1, 0.15) is 18.4 Å². The molecule has 0 aliphatic heterocycles. The minimum absolute atomic E-state index is 0.0806. The Hall–Kier alpha value is -3.75. The highest BCUT2D eigenvalue weighted by atomic mass is 19.4. The lowest BCUT2D eigenvalue weighted by Crippen LogP contribution is -2.14. The summed E-state index contributed by atoms with van der Waals surface area (Å²) in [4.78, 5) is 15.5. The summed E-state index contributed by atoms with van der Waals surface area (Å²) < 4.78 is 51.4. The van der Waals surface area contributed by atoms with Gasteiger partial charge in [-0.3, -0.25) is 0 Å². The lowest BCUT2D eigenvalue weighted by atomic mass is 10.1. The molecule has 166 valence electrons. The third kappa shape index (κ3) is 4.18. The fourth-order valence-electron chi connectivity index (χ4n) is 3.32. The van der Waals surface area contributed by atoms with Gasteiger partial charge in [-0.25, -0.2) is 9.78 Å². The number of hydrogen-bond donors (Lipinski definition) is 1. The number of carbonyl (C=O) groups is 1. The van der Waals surface area contributed by atoms with Gasteiger partial charge in [-0.2, -0.15) is 13.2 Å². The van der Waals surface area contributed by atoms with Crippen LogP contribution in [0, 0.1) is 6.92 Å². The molecule has 32 heavy (non-hydrogen) atoms. The van der Waals surface area contributed by atoms with Gasteiger partial charge in [0.25, 0.3) is 0 Å². The van der Waals surface area contributed by atoms with Crippen molar-refractivity contribution in [3.05, 3.63) is 71.7 Å². The van der Waals surface area contributed by atoms with Crippen LogP contribution in [0.25, 0.3) is 22.4 Å². The zero-order valence-corrected chi connectivity index (χ0v) is 17.2. The Morgan fingerprint density at radius 2 is 1.91 bits per heavy atom. The molecule has 2 aromatic heterocycles. The second-order valence-electron chi connectivity index (χ2n) is 7.35. The summed E-state index contributed by atoms with van der Waals surface area (Å²) in [7, 11) is 0. The number of nitrogens with zero attached hydrogens (tertiary/aromatic N) is 2. The Kier molecular flexibility index (Phi) is 5.41. The molecule has 0 saturated heterocycles. The van der Waals surface area contributed by atoms with Crippen molar-refractivity contribution < 1.29 is 32.2 Å². The van der Waals surface area contributed by atoms with E-state index in [2.05, 4.69) is 4.98 Å². The molecule has 4 rings (SSSR count). The van der Waals surface area contributed by atoms with Gasteiger partial charge in [0, 0.05) is 22.7 Å². The van der Waals surface area contributed by atoms with E-state index in [0.29, 0.717) is 22.8 Å². The minimum atomic E-state index is -4.40. The van der Waals surface area contributed by atoms with Crippen molar-refractivity contribution in [2.45, 2.75) is 32.7 Å². The van der Waals surface area contributed by atoms with Gasteiger partial charge in [-0.1, -0.05) is 0 Å². The van der Waals surface area contributed by atoms with Gasteiger partial charge < -0.3 is 18.8 Å². The quantitative estimate of drug-likeness (QED) is 0.404. The molecule has 0 spiro atoms. The van der Waals surface area contributed by atoms with E-state index in [1.807, 2.05) is 6.07 Å². The molecule has 0 aliphatic carbocycles. The van der Waals surface area contributed by atoms with Crippen LogP contribution < -0.4 is 4.74 Å². The number of carboxylic acids is 1. The summed E-state index contributed by atoms with van der Waals surface area (Å²) in [5, 5.41) is 10.1. The van der Waals surface area contributed by atoms with Crippen LogP contribution >= 0.6 is 0 Å². The Balaban J connectivity index is 1.49. The molecule has 4 aromatic rings. The van der Waals surface area contributed by atoms with Gasteiger partial charge in [0.2, 0.25) is 5.89 Å². The summed E-state index contributed by atoms with van der Waals surface area (Å²) in [6, 6.07) is 11.0. The predicted octanol–water partition coefficient (Wildman–Crippen LogP) is 5.85. The van der Waals surface area contributed by atoms with Crippen LogP contribution in [0.4, 0.5) is 13.2 Å². The van der Waals surface area contributed by atoms with E-state index in [1.54, 1.807) is 42.8 Å². The molecule has 0 saturated carbocycles. The fourth-order valence-corrected chi connectivity index (χ4v) is 3.32. The van der Waals surface area contributed by atoms with Crippen LogP contribution in [0.3, 0.4) is 0 Å². The molecule has 6 nitrogen and oxygen atoms in total. The SMILES string of the molecule is Cc1nc(-c2ccc(C(F)(F)F)cc2)oc1COc1ccc2c(ccn2[C@H](C)C(=O)O)c1. The number of aryl methyl sites for hydroxylation is 1. The number of ether oxygens (including phenoxy) is 1. The number of benzene rings is 2. The summed E-state index contributed by atoms with van der Waals surface area (Å²) in [5.41, 5.74) is 1.04. The van der Waals surface area contributed by atoms with E-state index in [-0.39, 0.29) is 12.5 Å². The predicted molar refractivity (Wildman–Crippen MR) is 110 cm³/mol. The van der Waals surface area contributed by atoms with E-state index in [1.165, 1.54) is 12.1 Å². The summed E-state index contributed by atoms with van der Waals surface area (Å²) in [6.45, 7) is 3.41. The maximum Gasteiger partial charge on any atom is 0.416 e. The number of oxazole rings is 1. The molecule has 9 heteroatoms. The first-order valence-corrected chi connectivity index (χ1v) is 9.73. The zero-order chi connectivity index (χ0) is 23.0. The van der Waals surface area contributed by atoms with Crippen LogP contribution in [-0.4, -0.2) is 20.6 Å². The molecule has 0 bridgehead atoms. The highest BCUT2D eigenvalue weighted by molar-refractivity contribution is 5.84. The second kappa shape index (κ2) is 8.07. The van der Waals surface area contributed by atoms with Crippen LogP contribution in [-0.2, 0) is 17.6 Å². The smallest absolute Gasteiger partial charge is 0.416 e. The van der Waals surface area contributed by atoms with Crippen molar-refractivity contribution in [1.82, 2.24) is 9.55 Å². The minimum Gasteiger partial charge on any atom is -0.486 e. The first-order chi connectivity index (χ1) is 15.1. The van der Waals surface area contributed by atoms with Crippen LogP contribution in [0.2, 0.25) is 0 Å². The average molecular weight is 444 g/mol. The van der Waals surface area contributed by atoms with Crippen molar-refractivity contribution in [3.63, 3.8) is 0 Å². The summed E-state index contributed by atoms with van der Waals surface area (Å²) in [6.07, 6.45) is -2.69. The second-order valence-corrected chi connectivity index (χ2v) is 7.35. The number of carboxylic acid groups (broad SMARTS) is 1. The molecule has 0 unspecified atom stereocenters. The van der Waals surface area contributed by atoms with Gasteiger partial charge in [0.05, 0.1) is 11.3 Å². The molecule has 2 aromatic carbocycles. The van der Waals surface area contributed by atoms with Crippen molar-refractivity contribution in [2.75, 3.05) is 0 Å². The van der Waals surface area contributed by atoms with Crippen molar-refractivity contribution in [2.24, 2.45) is 0 Å². The Bertz CT molecular complexity index is 1270. The maximum absolute atomic E-state index is 12.7. The number of alkyl halides is 3. The van der Waals surface area contributed by atoms with Crippen molar-refractivity contribution in [1.29, 1.82) is 0 Å². The number of halogens is 3. The molecule has 0 fully saturated rings. The van der Waals surface area contributed by atoms with Crippen LogP contribution in [0.5, 0.6) is 5.75 Å². The lowest BCUT2D eigenvalue weighted by molar-refractivity contribution is -0.140. The molecule has 0 amide bonds. The van der Waals surface area contributed by atoms with E-state index in [4.69, 9.17) is 9.15 Å². The van der Waals surface area contributed by atoms with Gasteiger partial charge in [-0.15, -0.1) is 0 Å². The van der Waals surface area contributed by atoms with Crippen LogP contribution in [0.1, 0.15) is 30.0 Å². The van der Waals surface area contributed by atoms with Gasteiger partial charge in [-0.05, 0) is 62.4 Å². The largest absolute Gasteiger partial charge is 0.486 e. The molecule has 0 aliphatic rings.